The van der Waals surface area contributed by atoms with E-state index in [1.54, 1.807) is 6.33 Å². The quantitative estimate of drug-likeness (QED) is 0.607. The molecule has 3 aromatic rings. The first kappa shape index (κ1) is 17.7. The summed E-state index contributed by atoms with van der Waals surface area (Å²) in [5.41, 5.74) is 3.03. The molecule has 0 saturated heterocycles. The zero-order valence-corrected chi connectivity index (χ0v) is 16.0. The lowest BCUT2D eigenvalue weighted by atomic mass is 10.1. The van der Waals surface area contributed by atoms with Crippen LogP contribution in [0, 0.1) is 0 Å². The maximum Gasteiger partial charge on any atom is 0.234 e. The third-order valence-electron chi connectivity index (χ3n) is 3.61. The van der Waals surface area contributed by atoms with E-state index in [2.05, 4.69) is 44.4 Å². The van der Waals surface area contributed by atoms with Crippen molar-refractivity contribution in [1.29, 1.82) is 0 Å². The van der Waals surface area contributed by atoms with E-state index in [1.807, 2.05) is 47.0 Å². The highest BCUT2D eigenvalue weighted by atomic mass is 79.9. The number of aryl methyl sites for hydroxylation is 1. The van der Waals surface area contributed by atoms with Gasteiger partial charge in [0.2, 0.25) is 5.91 Å². The number of benzene rings is 2. The predicted octanol–water partition coefficient (Wildman–Crippen LogP) is 4.32. The van der Waals surface area contributed by atoms with Crippen LogP contribution in [0.1, 0.15) is 12.5 Å². The maximum absolute atomic E-state index is 12.2. The second-order valence-electron chi connectivity index (χ2n) is 5.31. The first-order chi connectivity index (χ1) is 12.2. The molecule has 0 radical (unpaired) electrons. The number of halogens is 1. The summed E-state index contributed by atoms with van der Waals surface area (Å²) in [6.07, 6.45) is 2.60. The maximum atomic E-state index is 12.2. The summed E-state index contributed by atoms with van der Waals surface area (Å²) in [4.78, 5) is 12.2. The van der Waals surface area contributed by atoms with Gasteiger partial charge in [0.15, 0.2) is 5.16 Å². The van der Waals surface area contributed by atoms with Crippen molar-refractivity contribution in [3.63, 3.8) is 0 Å². The van der Waals surface area contributed by atoms with E-state index in [4.69, 9.17) is 0 Å². The summed E-state index contributed by atoms with van der Waals surface area (Å²) in [7, 11) is 0. The van der Waals surface area contributed by atoms with Crippen molar-refractivity contribution in [3.05, 3.63) is 64.9 Å². The Hall–Kier alpha value is -2.12. The van der Waals surface area contributed by atoms with Gasteiger partial charge in [-0.2, -0.15) is 0 Å². The summed E-state index contributed by atoms with van der Waals surface area (Å²) in [5, 5.41) is 11.7. The summed E-state index contributed by atoms with van der Waals surface area (Å²) >= 11 is 4.74. The van der Waals surface area contributed by atoms with E-state index in [9.17, 15) is 4.79 Å². The van der Waals surface area contributed by atoms with Crippen molar-refractivity contribution >= 4 is 39.3 Å². The molecule has 0 bridgehead atoms. The zero-order chi connectivity index (χ0) is 17.6. The molecule has 1 N–H and O–H groups in total. The van der Waals surface area contributed by atoms with E-state index in [1.165, 1.54) is 17.3 Å². The topological polar surface area (TPSA) is 59.8 Å². The molecule has 0 saturated carbocycles. The third kappa shape index (κ3) is 4.49. The number of nitrogens with zero attached hydrogens (tertiary/aromatic N) is 3. The number of carbonyl (C=O) groups is 1. The van der Waals surface area contributed by atoms with Crippen molar-refractivity contribution < 1.29 is 4.79 Å². The predicted molar refractivity (Wildman–Crippen MR) is 104 cm³/mol. The lowest BCUT2D eigenvalue weighted by molar-refractivity contribution is -0.113. The molecule has 128 valence electrons. The number of thioether (sulfide) groups is 1. The number of nitrogens with one attached hydrogen (secondary N) is 1. The minimum absolute atomic E-state index is 0.0781. The Labute approximate surface area is 159 Å². The lowest BCUT2D eigenvalue weighted by Crippen LogP contribution is -2.14. The highest BCUT2D eigenvalue weighted by molar-refractivity contribution is 9.10. The Balaban J connectivity index is 1.67. The molecule has 0 atom stereocenters. The molecular formula is C18H17BrN4OS. The van der Waals surface area contributed by atoms with E-state index >= 15 is 0 Å². The first-order valence-electron chi connectivity index (χ1n) is 7.84. The summed E-state index contributed by atoms with van der Waals surface area (Å²) < 4.78 is 2.90. The standard InChI is InChI=1S/C18H17BrN4OS/c1-2-13-5-3-4-6-16(13)23-12-20-22-18(23)25-11-17(24)21-15-9-7-14(19)8-10-15/h3-10,12H,2,11H2,1H3,(H,21,24). The number of rotatable bonds is 6. The number of amides is 1. The van der Waals surface area contributed by atoms with Gasteiger partial charge in [0.25, 0.3) is 0 Å². The zero-order valence-electron chi connectivity index (χ0n) is 13.6. The number of para-hydroxylation sites is 1. The van der Waals surface area contributed by atoms with Crippen molar-refractivity contribution in [1.82, 2.24) is 14.8 Å². The largest absolute Gasteiger partial charge is 0.325 e. The van der Waals surface area contributed by atoms with Crippen molar-refractivity contribution in [3.8, 4) is 5.69 Å². The highest BCUT2D eigenvalue weighted by Crippen LogP contribution is 2.23. The second-order valence-corrected chi connectivity index (χ2v) is 7.17. The van der Waals surface area contributed by atoms with Crippen LogP contribution in [0.15, 0.2) is 64.5 Å². The van der Waals surface area contributed by atoms with Crippen molar-refractivity contribution in [2.45, 2.75) is 18.5 Å². The minimum Gasteiger partial charge on any atom is -0.325 e. The first-order valence-corrected chi connectivity index (χ1v) is 9.61. The van der Waals surface area contributed by atoms with Gasteiger partial charge in [-0.15, -0.1) is 10.2 Å². The Morgan fingerprint density at radius 1 is 1.20 bits per heavy atom. The average molecular weight is 417 g/mol. The van der Waals surface area contributed by atoms with Crippen LogP contribution < -0.4 is 5.32 Å². The van der Waals surface area contributed by atoms with Gasteiger partial charge < -0.3 is 5.32 Å². The van der Waals surface area contributed by atoms with E-state index in [0.717, 1.165) is 22.3 Å². The molecule has 7 heteroatoms. The molecule has 25 heavy (non-hydrogen) atoms. The van der Waals surface area contributed by atoms with Gasteiger partial charge in [0, 0.05) is 10.2 Å². The highest BCUT2D eigenvalue weighted by Gasteiger charge is 2.12. The normalized spacial score (nSPS) is 10.6. The molecule has 0 aliphatic carbocycles. The van der Waals surface area contributed by atoms with Gasteiger partial charge in [-0.25, -0.2) is 0 Å². The van der Waals surface area contributed by atoms with Crippen LogP contribution in [-0.4, -0.2) is 26.4 Å². The number of hydrogen-bond acceptors (Lipinski definition) is 4. The summed E-state index contributed by atoms with van der Waals surface area (Å²) in [6, 6.07) is 15.6. The van der Waals surface area contributed by atoms with Crippen LogP contribution in [0.5, 0.6) is 0 Å². The van der Waals surface area contributed by atoms with Crippen molar-refractivity contribution in [2.24, 2.45) is 0 Å². The average Bonchev–Trinajstić information content (AvgIpc) is 3.10. The molecule has 0 aliphatic heterocycles. The fraction of sp³-hybridized carbons (Fsp3) is 0.167. The van der Waals surface area contributed by atoms with Crippen LogP contribution in [0.25, 0.3) is 5.69 Å². The molecule has 0 fully saturated rings. The number of carbonyl (C=O) groups excluding carboxylic acids is 1. The molecule has 0 aliphatic rings. The van der Waals surface area contributed by atoms with Crippen LogP contribution in [0.4, 0.5) is 5.69 Å². The van der Waals surface area contributed by atoms with Gasteiger partial charge >= 0.3 is 0 Å². The Morgan fingerprint density at radius 2 is 1.96 bits per heavy atom. The smallest absolute Gasteiger partial charge is 0.234 e. The van der Waals surface area contributed by atoms with E-state index in [-0.39, 0.29) is 11.7 Å². The fourth-order valence-corrected chi connectivity index (χ4v) is 3.38. The van der Waals surface area contributed by atoms with Crippen LogP contribution >= 0.6 is 27.7 Å². The summed E-state index contributed by atoms with van der Waals surface area (Å²) in [5.74, 6) is 0.189. The molecule has 3 rings (SSSR count). The molecule has 0 unspecified atom stereocenters. The van der Waals surface area contributed by atoms with E-state index in [0.29, 0.717) is 5.16 Å². The van der Waals surface area contributed by atoms with Crippen molar-refractivity contribution in [2.75, 3.05) is 11.1 Å². The fourth-order valence-electron chi connectivity index (χ4n) is 2.39. The van der Waals surface area contributed by atoms with Gasteiger partial charge in [-0.05, 0) is 42.3 Å². The van der Waals surface area contributed by atoms with Gasteiger partial charge in [0.05, 0.1) is 11.4 Å². The molecule has 0 spiro atoms. The van der Waals surface area contributed by atoms with E-state index < -0.39 is 0 Å². The molecule has 2 aromatic carbocycles. The number of aromatic nitrogens is 3. The molecule has 1 heterocycles. The van der Waals surface area contributed by atoms with Gasteiger partial charge in [-0.1, -0.05) is 52.8 Å². The van der Waals surface area contributed by atoms with Crippen LogP contribution in [0.2, 0.25) is 0 Å². The number of hydrogen-bond donors (Lipinski definition) is 1. The van der Waals surface area contributed by atoms with Crippen LogP contribution in [-0.2, 0) is 11.2 Å². The Morgan fingerprint density at radius 3 is 2.72 bits per heavy atom. The van der Waals surface area contributed by atoms with Gasteiger partial charge in [0.1, 0.15) is 6.33 Å². The Bertz CT molecular complexity index is 864. The number of anilines is 1. The summed E-state index contributed by atoms with van der Waals surface area (Å²) in [6.45, 7) is 2.11. The Kier molecular flexibility index (Phi) is 5.88. The molecule has 1 amide bonds. The monoisotopic (exact) mass is 416 g/mol. The second kappa shape index (κ2) is 8.31. The molecule has 1 aromatic heterocycles. The third-order valence-corrected chi connectivity index (χ3v) is 5.08. The SMILES string of the molecule is CCc1ccccc1-n1cnnc1SCC(=O)Nc1ccc(Br)cc1. The minimum atomic E-state index is -0.0781. The lowest BCUT2D eigenvalue weighted by Gasteiger charge is -2.10. The molecular weight excluding hydrogens is 400 g/mol. The van der Waals surface area contributed by atoms with Crippen LogP contribution in [0.3, 0.4) is 0 Å². The molecule has 5 nitrogen and oxygen atoms in total. The van der Waals surface area contributed by atoms with Gasteiger partial charge in [-0.3, -0.25) is 9.36 Å².